The van der Waals surface area contributed by atoms with Crippen molar-refractivity contribution in [3.8, 4) is 5.75 Å². The van der Waals surface area contributed by atoms with E-state index in [1.807, 2.05) is 6.07 Å². The summed E-state index contributed by atoms with van der Waals surface area (Å²) in [7, 11) is 0. The second-order valence-corrected chi connectivity index (χ2v) is 7.23. The molecule has 3 aromatic rings. The lowest BCUT2D eigenvalue weighted by atomic mass is 9.99. The van der Waals surface area contributed by atoms with Gasteiger partial charge in [0.1, 0.15) is 5.75 Å². The molecule has 154 valence electrons. The van der Waals surface area contributed by atoms with Gasteiger partial charge in [-0.3, -0.25) is 4.79 Å². The summed E-state index contributed by atoms with van der Waals surface area (Å²) < 4.78 is 11.3. The number of Topliss-reactive ketones (excluding diaryl/α,β-unsaturated/α-hetero) is 1. The Morgan fingerprint density at radius 2 is 1.53 bits per heavy atom. The molecule has 0 amide bonds. The van der Waals surface area contributed by atoms with Crippen molar-refractivity contribution in [2.45, 2.75) is 25.9 Å². The second kappa shape index (κ2) is 10.6. The largest absolute Gasteiger partial charge is 0.494 e. The minimum Gasteiger partial charge on any atom is -0.494 e. The fraction of sp³-hybridized carbons (Fsp3) is 0.200. The van der Waals surface area contributed by atoms with Crippen LogP contribution in [0.4, 0.5) is 0 Å². The van der Waals surface area contributed by atoms with Crippen LogP contribution in [-0.4, -0.2) is 18.4 Å². The van der Waals surface area contributed by atoms with Crippen molar-refractivity contribution in [1.29, 1.82) is 0 Å². The molecule has 0 fully saturated rings. The molecule has 4 nitrogen and oxygen atoms in total. The molecule has 0 heterocycles. The highest BCUT2D eigenvalue weighted by Gasteiger charge is 2.26. The average molecular weight is 423 g/mol. The molecule has 30 heavy (non-hydrogen) atoms. The molecule has 0 aliphatic rings. The molecule has 3 rings (SSSR count). The number of benzene rings is 3. The van der Waals surface area contributed by atoms with Crippen LogP contribution in [0.2, 0.25) is 5.02 Å². The van der Waals surface area contributed by atoms with Crippen molar-refractivity contribution in [2.75, 3.05) is 6.61 Å². The summed E-state index contributed by atoms with van der Waals surface area (Å²) in [4.78, 5) is 25.8. The number of carbonyl (C=O) groups excluding carboxylic acids is 2. The molecule has 5 heteroatoms. The minimum atomic E-state index is -1.07. The first-order chi connectivity index (χ1) is 14.6. The van der Waals surface area contributed by atoms with Crippen molar-refractivity contribution in [3.63, 3.8) is 0 Å². The maximum absolute atomic E-state index is 13.1. The number of halogens is 1. The highest BCUT2D eigenvalue weighted by molar-refractivity contribution is 6.30. The Kier molecular flexibility index (Phi) is 7.63. The first-order valence-corrected chi connectivity index (χ1v) is 10.2. The lowest BCUT2D eigenvalue weighted by Crippen LogP contribution is -2.20. The fourth-order valence-electron chi connectivity index (χ4n) is 2.86. The quantitative estimate of drug-likeness (QED) is 0.230. The maximum atomic E-state index is 13.1. The zero-order chi connectivity index (χ0) is 21.3. The van der Waals surface area contributed by atoms with Crippen molar-refractivity contribution in [2.24, 2.45) is 0 Å². The smallest absolute Gasteiger partial charge is 0.339 e. The van der Waals surface area contributed by atoms with E-state index in [0.717, 1.165) is 12.8 Å². The Labute approximate surface area is 181 Å². The van der Waals surface area contributed by atoms with Gasteiger partial charge in [-0.1, -0.05) is 67.4 Å². The number of unbranched alkanes of at least 4 members (excludes halogenated alkanes) is 1. The van der Waals surface area contributed by atoms with Gasteiger partial charge in [-0.25, -0.2) is 4.79 Å². The topological polar surface area (TPSA) is 52.6 Å². The molecule has 0 aromatic heterocycles. The minimum absolute atomic E-state index is 0.300. The third-order valence-corrected chi connectivity index (χ3v) is 4.80. The second-order valence-electron chi connectivity index (χ2n) is 6.79. The molecular formula is C25H23ClO4. The van der Waals surface area contributed by atoms with Gasteiger partial charge in [-0.15, -0.1) is 0 Å². The van der Waals surface area contributed by atoms with Crippen molar-refractivity contribution in [1.82, 2.24) is 0 Å². The van der Waals surface area contributed by atoms with E-state index in [2.05, 4.69) is 6.92 Å². The van der Waals surface area contributed by atoms with E-state index in [-0.39, 0.29) is 5.78 Å². The molecule has 0 spiro atoms. The molecule has 0 unspecified atom stereocenters. The SMILES string of the molecule is CCCCOc1ccc(C(=O)O[C@H](C(=O)c2ccccc2)c2ccc(Cl)cc2)cc1. The van der Waals surface area contributed by atoms with E-state index in [9.17, 15) is 9.59 Å². The monoisotopic (exact) mass is 422 g/mol. The van der Waals surface area contributed by atoms with Crippen LogP contribution in [0.15, 0.2) is 78.9 Å². The Hall–Kier alpha value is -3.11. The molecule has 0 saturated heterocycles. The summed E-state index contributed by atoms with van der Waals surface area (Å²) in [6.07, 6.45) is 0.942. The molecule has 0 radical (unpaired) electrons. The van der Waals surface area contributed by atoms with Crippen LogP contribution in [0.3, 0.4) is 0 Å². The highest BCUT2D eigenvalue weighted by atomic mass is 35.5. The third-order valence-electron chi connectivity index (χ3n) is 4.55. The van der Waals surface area contributed by atoms with Gasteiger partial charge in [0.25, 0.3) is 0 Å². The van der Waals surface area contributed by atoms with Gasteiger partial charge in [-0.2, -0.15) is 0 Å². The lowest BCUT2D eigenvalue weighted by Gasteiger charge is -2.18. The summed E-state index contributed by atoms with van der Waals surface area (Å²) in [6.45, 7) is 2.72. The number of hydrogen-bond donors (Lipinski definition) is 0. The van der Waals surface area contributed by atoms with Crippen LogP contribution in [0, 0.1) is 0 Å². The van der Waals surface area contributed by atoms with Crippen LogP contribution in [0.5, 0.6) is 5.75 Å². The van der Waals surface area contributed by atoms with E-state index in [1.54, 1.807) is 72.8 Å². The van der Waals surface area contributed by atoms with Gasteiger partial charge >= 0.3 is 5.97 Å². The summed E-state index contributed by atoms with van der Waals surface area (Å²) >= 11 is 5.97. The molecule has 3 aromatic carbocycles. The molecule has 0 saturated carbocycles. The normalized spacial score (nSPS) is 11.5. The van der Waals surface area contributed by atoms with Crippen molar-refractivity contribution < 1.29 is 19.1 Å². The molecule has 0 bridgehead atoms. The first-order valence-electron chi connectivity index (χ1n) is 9.87. The predicted molar refractivity (Wildman–Crippen MR) is 117 cm³/mol. The van der Waals surface area contributed by atoms with Crippen LogP contribution in [-0.2, 0) is 4.74 Å². The number of carbonyl (C=O) groups is 2. The van der Waals surface area contributed by atoms with E-state index in [4.69, 9.17) is 21.1 Å². The van der Waals surface area contributed by atoms with Gasteiger partial charge < -0.3 is 9.47 Å². The van der Waals surface area contributed by atoms with Crippen LogP contribution >= 0.6 is 11.6 Å². The molecule has 0 aliphatic carbocycles. The Bertz CT molecular complexity index is 966. The zero-order valence-corrected chi connectivity index (χ0v) is 17.5. The summed E-state index contributed by atoms with van der Waals surface area (Å²) in [6, 6.07) is 22.2. The summed E-state index contributed by atoms with van der Waals surface area (Å²) in [5.74, 6) is -0.195. The number of ketones is 1. The molecule has 1 atom stereocenters. The van der Waals surface area contributed by atoms with E-state index < -0.39 is 12.1 Å². The number of esters is 1. The van der Waals surface area contributed by atoms with E-state index >= 15 is 0 Å². The first kappa shape index (κ1) is 21.6. The number of ether oxygens (including phenoxy) is 2. The average Bonchev–Trinajstić information content (AvgIpc) is 2.79. The van der Waals surface area contributed by atoms with Crippen molar-refractivity contribution >= 4 is 23.4 Å². The maximum Gasteiger partial charge on any atom is 0.339 e. The molecule has 0 N–H and O–H groups in total. The van der Waals surface area contributed by atoms with E-state index in [0.29, 0.717) is 34.1 Å². The van der Waals surface area contributed by atoms with Gasteiger partial charge in [0.05, 0.1) is 12.2 Å². The Balaban J connectivity index is 1.79. The summed E-state index contributed by atoms with van der Waals surface area (Å²) in [5, 5.41) is 0.537. The van der Waals surface area contributed by atoms with Crippen LogP contribution in [0.25, 0.3) is 0 Å². The standard InChI is InChI=1S/C25H23ClO4/c1-2-3-17-29-22-15-11-20(12-16-22)25(28)30-24(19-9-13-21(26)14-10-19)23(27)18-7-5-4-6-8-18/h4-16,24H,2-3,17H2,1H3/t24-/m0/s1. The number of rotatable bonds is 9. The Morgan fingerprint density at radius 1 is 0.867 bits per heavy atom. The van der Waals surface area contributed by atoms with Crippen molar-refractivity contribution in [3.05, 3.63) is 101 Å². The van der Waals surface area contributed by atoms with Gasteiger partial charge in [0.15, 0.2) is 6.10 Å². The zero-order valence-electron chi connectivity index (χ0n) is 16.7. The highest BCUT2D eigenvalue weighted by Crippen LogP contribution is 2.26. The van der Waals surface area contributed by atoms with Crippen LogP contribution < -0.4 is 4.74 Å². The predicted octanol–water partition coefficient (Wildman–Crippen LogP) is 6.30. The van der Waals surface area contributed by atoms with E-state index in [1.165, 1.54) is 0 Å². The van der Waals surface area contributed by atoms with Gasteiger partial charge in [-0.05, 0) is 42.8 Å². The van der Waals surface area contributed by atoms with Gasteiger partial charge in [0, 0.05) is 16.1 Å². The third kappa shape index (κ3) is 5.71. The summed E-state index contributed by atoms with van der Waals surface area (Å²) in [5.41, 5.74) is 1.36. The fourth-order valence-corrected chi connectivity index (χ4v) is 2.99. The Morgan fingerprint density at radius 3 is 2.17 bits per heavy atom. The molecule has 0 aliphatic heterocycles. The molecular weight excluding hydrogens is 400 g/mol. The van der Waals surface area contributed by atoms with Gasteiger partial charge in [0.2, 0.25) is 5.78 Å². The lowest BCUT2D eigenvalue weighted by molar-refractivity contribution is 0.0280. The van der Waals surface area contributed by atoms with Crippen LogP contribution in [0.1, 0.15) is 52.1 Å². The number of hydrogen-bond acceptors (Lipinski definition) is 4.